The van der Waals surface area contributed by atoms with E-state index >= 15 is 0 Å². The molecule has 0 aliphatic heterocycles. The van der Waals surface area contributed by atoms with Crippen molar-refractivity contribution in [2.24, 2.45) is 0 Å². The van der Waals surface area contributed by atoms with Crippen LogP contribution < -0.4 is 4.74 Å². The Hall–Kier alpha value is -1.26. The van der Waals surface area contributed by atoms with Gasteiger partial charge in [0.25, 0.3) is 0 Å². The molecule has 0 heterocycles. The number of hydrogen-bond acceptors (Lipinski definition) is 1. The molecule has 0 aromatic heterocycles. The second-order valence-corrected chi connectivity index (χ2v) is 2.99. The zero-order valence-electron chi connectivity index (χ0n) is 8.07. The topological polar surface area (TPSA) is 9.23 Å². The van der Waals surface area contributed by atoms with E-state index in [4.69, 9.17) is 4.74 Å². The third kappa shape index (κ3) is 3.11. The predicted octanol–water partition coefficient (Wildman–Crippen LogP) is 3.63. The molecule has 0 unspecified atom stereocenters. The Morgan fingerprint density at radius 1 is 1.27 bits per heavy atom. The first-order valence-electron chi connectivity index (χ1n) is 4.44. The summed E-state index contributed by atoms with van der Waals surface area (Å²) < 4.78 is 54.8. The van der Waals surface area contributed by atoms with Gasteiger partial charge in [0, 0.05) is 6.07 Å². The van der Waals surface area contributed by atoms with Gasteiger partial charge in [-0.25, -0.2) is 4.39 Å². The van der Waals surface area contributed by atoms with E-state index in [-0.39, 0.29) is 6.61 Å². The minimum absolute atomic E-state index is 0.131. The minimum Gasteiger partial charge on any atom is -0.493 e. The lowest BCUT2D eigenvalue weighted by Crippen LogP contribution is -2.09. The summed E-state index contributed by atoms with van der Waals surface area (Å²) in [7, 11) is 0. The lowest BCUT2D eigenvalue weighted by Gasteiger charge is -2.13. The van der Waals surface area contributed by atoms with Crippen molar-refractivity contribution >= 4 is 0 Å². The van der Waals surface area contributed by atoms with E-state index in [9.17, 15) is 17.6 Å². The molecule has 1 aromatic carbocycles. The van der Waals surface area contributed by atoms with Gasteiger partial charge in [0.2, 0.25) is 0 Å². The van der Waals surface area contributed by atoms with Crippen molar-refractivity contribution in [2.45, 2.75) is 19.5 Å². The summed E-state index contributed by atoms with van der Waals surface area (Å²) in [6, 6.07) is 2.19. The Bertz CT molecular complexity index is 333. The highest BCUT2D eigenvalue weighted by Crippen LogP contribution is 2.36. The average Bonchev–Trinajstić information content (AvgIpc) is 2.12. The fraction of sp³-hybridized carbons (Fsp3) is 0.400. The molecule has 0 aliphatic rings. The largest absolute Gasteiger partial charge is 0.493 e. The lowest BCUT2D eigenvalue weighted by molar-refractivity contribution is -0.139. The molecule has 0 fully saturated rings. The summed E-state index contributed by atoms with van der Waals surface area (Å²) in [5, 5.41) is 0. The number of ether oxygens (including phenoxy) is 1. The smallest absolute Gasteiger partial charge is 0.419 e. The summed E-state index contributed by atoms with van der Waals surface area (Å²) >= 11 is 0. The van der Waals surface area contributed by atoms with Gasteiger partial charge in [0.05, 0.1) is 12.2 Å². The number of alkyl halides is 3. The molecule has 0 spiro atoms. The summed E-state index contributed by atoms with van der Waals surface area (Å²) in [5.74, 6) is -1.20. The predicted molar refractivity (Wildman–Crippen MR) is 47.2 cm³/mol. The van der Waals surface area contributed by atoms with Crippen molar-refractivity contribution in [1.82, 2.24) is 0 Å². The van der Waals surface area contributed by atoms with E-state index in [0.29, 0.717) is 12.5 Å². The Morgan fingerprint density at radius 2 is 1.93 bits per heavy atom. The van der Waals surface area contributed by atoms with Gasteiger partial charge in [0.15, 0.2) is 0 Å². The summed E-state index contributed by atoms with van der Waals surface area (Å²) in [4.78, 5) is 0. The van der Waals surface area contributed by atoms with Crippen LogP contribution in [0.2, 0.25) is 0 Å². The summed E-state index contributed by atoms with van der Waals surface area (Å²) in [6.45, 7) is 1.89. The first kappa shape index (κ1) is 11.8. The van der Waals surface area contributed by atoms with Crippen LogP contribution in [0.1, 0.15) is 18.9 Å². The third-order valence-electron chi connectivity index (χ3n) is 1.71. The monoisotopic (exact) mass is 222 g/mol. The molecule has 0 bridgehead atoms. The van der Waals surface area contributed by atoms with E-state index in [1.807, 2.05) is 0 Å². The van der Waals surface area contributed by atoms with Gasteiger partial charge in [0.1, 0.15) is 11.6 Å². The Morgan fingerprint density at radius 3 is 2.47 bits per heavy atom. The van der Waals surface area contributed by atoms with Crippen LogP contribution in [-0.2, 0) is 6.18 Å². The van der Waals surface area contributed by atoms with Crippen LogP contribution in [0, 0.1) is 5.82 Å². The molecule has 5 heteroatoms. The van der Waals surface area contributed by atoms with Crippen LogP contribution in [0.25, 0.3) is 0 Å². The third-order valence-corrected chi connectivity index (χ3v) is 1.71. The maximum atomic E-state index is 12.7. The molecule has 0 radical (unpaired) electrons. The van der Waals surface area contributed by atoms with E-state index in [2.05, 4.69) is 0 Å². The Balaban J connectivity index is 3.03. The molecule has 0 saturated heterocycles. The molecule has 1 aromatic rings. The van der Waals surface area contributed by atoms with E-state index in [0.717, 1.165) is 12.1 Å². The highest BCUT2D eigenvalue weighted by atomic mass is 19.4. The van der Waals surface area contributed by atoms with Gasteiger partial charge in [-0.2, -0.15) is 13.2 Å². The molecule has 0 atom stereocenters. The van der Waals surface area contributed by atoms with Crippen LogP contribution in [0.5, 0.6) is 5.75 Å². The fourth-order valence-electron chi connectivity index (χ4n) is 1.06. The fourth-order valence-corrected chi connectivity index (χ4v) is 1.06. The number of rotatable bonds is 3. The number of benzene rings is 1. The minimum atomic E-state index is -4.52. The number of halogens is 4. The molecule has 15 heavy (non-hydrogen) atoms. The van der Waals surface area contributed by atoms with Crippen LogP contribution >= 0.6 is 0 Å². The van der Waals surface area contributed by atoms with Crippen molar-refractivity contribution in [3.63, 3.8) is 0 Å². The summed E-state index contributed by atoms with van der Waals surface area (Å²) in [6.07, 6.45) is -3.95. The van der Waals surface area contributed by atoms with Crippen LogP contribution in [-0.4, -0.2) is 6.61 Å². The Labute approximate surface area is 84.7 Å². The standard InChI is InChI=1S/C10H10F4O/c1-2-5-15-9-6-7(11)3-4-8(9)10(12,13)14/h3-4,6H,2,5H2,1H3. The molecule has 1 rings (SSSR count). The van der Waals surface area contributed by atoms with Gasteiger partial charge in [-0.3, -0.25) is 0 Å². The summed E-state index contributed by atoms with van der Waals surface area (Å²) in [5.41, 5.74) is -0.947. The first-order chi connectivity index (χ1) is 6.95. The normalized spacial score (nSPS) is 11.5. The van der Waals surface area contributed by atoms with Crippen LogP contribution in [0.4, 0.5) is 17.6 Å². The molecule has 0 aliphatic carbocycles. The van der Waals surface area contributed by atoms with Gasteiger partial charge in [-0.05, 0) is 18.6 Å². The van der Waals surface area contributed by atoms with Gasteiger partial charge < -0.3 is 4.74 Å². The van der Waals surface area contributed by atoms with E-state index < -0.39 is 23.3 Å². The molecule has 0 saturated carbocycles. The van der Waals surface area contributed by atoms with Crippen molar-refractivity contribution in [1.29, 1.82) is 0 Å². The van der Waals surface area contributed by atoms with Crippen LogP contribution in [0.15, 0.2) is 18.2 Å². The second-order valence-electron chi connectivity index (χ2n) is 2.99. The second kappa shape index (κ2) is 4.51. The van der Waals surface area contributed by atoms with E-state index in [1.54, 1.807) is 6.92 Å². The van der Waals surface area contributed by atoms with Crippen molar-refractivity contribution in [3.8, 4) is 5.75 Å². The first-order valence-corrected chi connectivity index (χ1v) is 4.44. The van der Waals surface area contributed by atoms with Gasteiger partial charge in [-0.1, -0.05) is 6.92 Å². The van der Waals surface area contributed by atoms with Gasteiger partial charge in [-0.15, -0.1) is 0 Å². The van der Waals surface area contributed by atoms with Crippen molar-refractivity contribution in [2.75, 3.05) is 6.61 Å². The Kier molecular flexibility index (Phi) is 3.55. The number of hydrogen-bond donors (Lipinski definition) is 0. The van der Waals surface area contributed by atoms with Crippen molar-refractivity contribution in [3.05, 3.63) is 29.6 Å². The maximum absolute atomic E-state index is 12.7. The molecule has 0 amide bonds. The van der Waals surface area contributed by atoms with E-state index in [1.165, 1.54) is 0 Å². The molecular formula is C10H10F4O. The molecular weight excluding hydrogens is 212 g/mol. The molecule has 1 nitrogen and oxygen atoms in total. The maximum Gasteiger partial charge on any atom is 0.419 e. The SMILES string of the molecule is CCCOc1cc(F)ccc1C(F)(F)F. The zero-order valence-corrected chi connectivity index (χ0v) is 8.07. The zero-order chi connectivity index (χ0) is 11.5. The van der Waals surface area contributed by atoms with Crippen molar-refractivity contribution < 1.29 is 22.3 Å². The lowest BCUT2D eigenvalue weighted by atomic mass is 10.2. The highest BCUT2D eigenvalue weighted by Gasteiger charge is 2.34. The van der Waals surface area contributed by atoms with Gasteiger partial charge >= 0.3 is 6.18 Å². The average molecular weight is 222 g/mol. The van der Waals surface area contributed by atoms with Crippen LogP contribution in [0.3, 0.4) is 0 Å². The molecule has 84 valence electrons. The quantitative estimate of drug-likeness (QED) is 0.709. The highest BCUT2D eigenvalue weighted by molar-refractivity contribution is 5.36. The molecule has 0 N–H and O–H groups in total.